The second kappa shape index (κ2) is 7.61. The van der Waals surface area contributed by atoms with Crippen LogP contribution in [-0.2, 0) is 6.42 Å². The number of aryl methyl sites for hydroxylation is 1. The van der Waals surface area contributed by atoms with Gasteiger partial charge in [0.05, 0.1) is 0 Å². The molecule has 0 aliphatic rings. The third-order valence-corrected chi connectivity index (χ3v) is 2.48. The summed E-state index contributed by atoms with van der Waals surface area (Å²) in [4.78, 5) is 0. The summed E-state index contributed by atoms with van der Waals surface area (Å²) in [6.45, 7) is 2.25. The SMILES string of the molecule is CCCC[CH]CCCc1ccccc1. The van der Waals surface area contributed by atoms with Crippen LogP contribution in [-0.4, -0.2) is 0 Å². The van der Waals surface area contributed by atoms with E-state index in [4.69, 9.17) is 0 Å². The van der Waals surface area contributed by atoms with E-state index in [1.54, 1.807) is 0 Å². The Kier molecular flexibility index (Phi) is 6.14. The zero-order chi connectivity index (χ0) is 10.1. The van der Waals surface area contributed by atoms with E-state index in [0.29, 0.717) is 0 Å². The smallest absolute Gasteiger partial charge is 0.0279 e. The molecule has 1 radical (unpaired) electrons. The van der Waals surface area contributed by atoms with E-state index in [-0.39, 0.29) is 0 Å². The molecular weight excluding hydrogens is 168 g/mol. The summed E-state index contributed by atoms with van der Waals surface area (Å²) >= 11 is 0. The molecule has 0 N–H and O–H groups in total. The Balaban J connectivity index is 1.99. The summed E-state index contributed by atoms with van der Waals surface area (Å²) in [5.41, 5.74) is 1.47. The van der Waals surface area contributed by atoms with Gasteiger partial charge >= 0.3 is 0 Å². The summed E-state index contributed by atoms with van der Waals surface area (Å²) in [5.74, 6) is 0. The standard InChI is InChI=1S/C14H21/c1-2-3-4-5-6-8-11-14-12-9-7-10-13-14/h5,7,9-10,12-13H,2-4,6,8,11H2,1H3. The molecule has 14 heavy (non-hydrogen) atoms. The van der Waals surface area contributed by atoms with Gasteiger partial charge in [-0.25, -0.2) is 0 Å². The highest BCUT2D eigenvalue weighted by atomic mass is 14.0. The summed E-state index contributed by atoms with van der Waals surface area (Å²) in [6, 6.07) is 10.8. The summed E-state index contributed by atoms with van der Waals surface area (Å²) in [7, 11) is 0. The van der Waals surface area contributed by atoms with Crippen LogP contribution in [0.5, 0.6) is 0 Å². The Labute approximate surface area is 88.4 Å². The lowest BCUT2D eigenvalue weighted by atomic mass is 10.1. The lowest BCUT2D eigenvalue weighted by Crippen LogP contribution is -1.85. The molecule has 0 unspecified atom stereocenters. The monoisotopic (exact) mass is 189 g/mol. The first-order chi connectivity index (χ1) is 6.93. The molecule has 0 heterocycles. The maximum Gasteiger partial charge on any atom is -0.0279 e. The molecule has 0 aliphatic heterocycles. The quantitative estimate of drug-likeness (QED) is 0.557. The summed E-state index contributed by atoms with van der Waals surface area (Å²) in [6.07, 6.45) is 10.2. The van der Waals surface area contributed by atoms with E-state index in [0.717, 1.165) is 0 Å². The Morgan fingerprint density at radius 2 is 1.71 bits per heavy atom. The van der Waals surface area contributed by atoms with E-state index in [2.05, 4.69) is 43.7 Å². The highest BCUT2D eigenvalue weighted by molar-refractivity contribution is 5.14. The average Bonchev–Trinajstić information content (AvgIpc) is 2.25. The van der Waals surface area contributed by atoms with Crippen LogP contribution in [0, 0.1) is 6.42 Å². The first-order valence-corrected chi connectivity index (χ1v) is 5.79. The Morgan fingerprint density at radius 1 is 1.00 bits per heavy atom. The zero-order valence-corrected chi connectivity index (χ0v) is 9.21. The van der Waals surface area contributed by atoms with Gasteiger partial charge in [-0.2, -0.15) is 0 Å². The molecule has 0 heteroatoms. The van der Waals surface area contributed by atoms with Crippen molar-refractivity contribution in [2.24, 2.45) is 0 Å². The molecule has 1 aromatic carbocycles. The molecule has 1 rings (SSSR count). The molecule has 0 nitrogen and oxygen atoms in total. The second-order valence-corrected chi connectivity index (χ2v) is 3.81. The van der Waals surface area contributed by atoms with Gasteiger partial charge < -0.3 is 0 Å². The fourth-order valence-electron chi connectivity index (χ4n) is 1.59. The maximum atomic E-state index is 2.44. The second-order valence-electron chi connectivity index (χ2n) is 3.81. The molecule has 0 saturated heterocycles. The molecule has 0 aromatic heterocycles. The Bertz CT molecular complexity index is 213. The molecule has 0 aliphatic carbocycles. The number of hydrogen-bond acceptors (Lipinski definition) is 0. The van der Waals surface area contributed by atoms with E-state index < -0.39 is 0 Å². The van der Waals surface area contributed by atoms with Gasteiger partial charge in [0.1, 0.15) is 0 Å². The molecule has 0 spiro atoms. The Hall–Kier alpha value is -0.780. The number of benzene rings is 1. The predicted octanol–water partition coefficient (Wildman–Crippen LogP) is 4.40. The van der Waals surface area contributed by atoms with Crippen molar-refractivity contribution in [2.75, 3.05) is 0 Å². The van der Waals surface area contributed by atoms with Crippen molar-refractivity contribution in [3.8, 4) is 0 Å². The number of unbranched alkanes of at least 4 members (excludes halogenated alkanes) is 5. The van der Waals surface area contributed by atoms with E-state index in [9.17, 15) is 0 Å². The van der Waals surface area contributed by atoms with E-state index >= 15 is 0 Å². The van der Waals surface area contributed by atoms with Gasteiger partial charge in [0.2, 0.25) is 0 Å². The molecule has 0 amide bonds. The zero-order valence-electron chi connectivity index (χ0n) is 9.21. The molecule has 0 bridgehead atoms. The molecule has 77 valence electrons. The van der Waals surface area contributed by atoms with Gasteiger partial charge in [-0.05, 0) is 31.2 Å². The van der Waals surface area contributed by atoms with Crippen molar-refractivity contribution in [1.29, 1.82) is 0 Å². The third-order valence-electron chi connectivity index (χ3n) is 2.48. The lowest BCUT2D eigenvalue weighted by molar-refractivity contribution is 0.715. The predicted molar refractivity (Wildman–Crippen MR) is 63.2 cm³/mol. The molecule has 0 saturated carbocycles. The molecule has 0 atom stereocenters. The summed E-state index contributed by atoms with van der Waals surface area (Å²) < 4.78 is 0. The fourth-order valence-corrected chi connectivity index (χ4v) is 1.59. The normalized spacial score (nSPS) is 10.4. The van der Waals surface area contributed by atoms with Crippen molar-refractivity contribution >= 4 is 0 Å². The van der Waals surface area contributed by atoms with Crippen molar-refractivity contribution in [3.05, 3.63) is 42.3 Å². The van der Waals surface area contributed by atoms with Crippen molar-refractivity contribution in [1.82, 2.24) is 0 Å². The van der Waals surface area contributed by atoms with Crippen LogP contribution >= 0.6 is 0 Å². The molecular formula is C14H21. The topological polar surface area (TPSA) is 0 Å². The lowest BCUT2D eigenvalue weighted by Gasteiger charge is -2.00. The van der Waals surface area contributed by atoms with Crippen molar-refractivity contribution < 1.29 is 0 Å². The minimum absolute atomic E-state index is 1.23. The minimum atomic E-state index is 1.23. The fraction of sp³-hybridized carbons (Fsp3) is 0.500. The highest BCUT2D eigenvalue weighted by Crippen LogP contribution is 2.08. The number of rotatable bonds is 7. The average molecular weight is 189 g/mol. The minimum Gasteiger partial charge on any atom is -0.0654 e. The summed E-state index contributed by atoms with van der Waals surface area (Å²) in [5, 5.41) is 0. The van der Waals surface area contributed by atoms with Gasteiger partial charge in [-0.1, -0.05) is 56.5 Å². The number of hydrogen-bond donors (Lipinski definition) is 0. The largest absolute Gasteiger partial charge is 0.0654 e. The van der Waals surface area contributed by atoms with Gasteiger partial charge in [0, 0.05) is 0 Å². The Morgan fingerprint density at radius 3 is 2.43 bits per heavy atom. The van der Waals surface area contributed by atoms with Crippen LogP contribution in [0.1, 0.15) is 44.6 Å². The van der Waals surface area contributed by atoms with Crippen LogP contribution in [0.2, 0.25) is 0 Å². The molecule has 0 fully saturated rings. The van der Waals surface area contributed by atoms with Gasteiger partial charge in [0.25, 0.3) is 0 Å². The maximum absolute atomic E-state index is 2.44. The van der Waals surface area contributed by atoms with Crippen molar-refractivity contribution in [3.63, 3.8) is 0 Å². The van der Waals surface area contributed by atoms with Crippen LogP contribution in [0.4, 0.5) is 0 Å². The van der Waals surface area contributed by atoms with Gasteiger partial charge in [-0.15, -0.1) is 0 Å². The van der Waals surface area contributed by atoms with E-state index in [1.807, 2.05) is 0 Å². The van der Waals surface area contributed by atoms with Crippen LogP contribution in [0.3, 0.4) is 0 Å². The first-order valence-electron chi connectivity index (χ1n) is 5.79. The van der Waals surface area contributed by atoms with E-state index in [1.165, 1.54) is 44.1 Å². The van der Waals surface area contributed by atoms with Crippen molar-refractivity contribution in [2.45, 2.75) is 45.4 Å². The highest BCUT2D eigenvalue weighted by Gasteiger charge is 1.92. The van der Waals surface area contributed by atoms with Crippen LogP contribution < -0.4 is 0 Å². The first kappa shape index (κ1) is 11.3. The third kappa shape index (κ3) is 5.06. The van der Waals surface area contributed by atoms with Crippen LogP contribution in [0.25, 0.3) is 0 Å². The van der Waals surface area contributed by atoms with Crippen LogP contribution in [0.15, 0.2) is 30.3 Å². The van der Waals surface area contributed by atoms with Gasteiger partial charge in [-0.3, -0.25) is 0 Å². The molecule has 1 aromatic rings. The van der Waals surface area contributed by atoms with Gasteiger partial charge in [0.15, 0.2) is 0 Å².